The fourth-order valence-corrected chi connectivity index (χ4v) is 2.40. The summed E-state index contributed by atoms with van der Waals surface area (Å²) in [6, 6.07) is 4.94. The van der Waals surface area contributed by atoms with Gasteiger partial charge in [0.1, 0.15) is 0 Å². The molecule has 0 bridgehead atoms. The molecule has 0 saturated carbocycles. The molecule has 0 amide bonds. The van der Waals surface area contributed by atoms with Crippen molar-refractivity contribution in [2.75, 3.05) is 5.73 Å². The molecular weight excluding hydrogens is 326 g/mol. The lowest BCUT2D eigenvalue weighted by Crippen LogP contribution is -2.10. The van der Waals surface area contributed by atoms with Crippen LogP contribution in [-0.2, 0) is 6.54 Å². The number of rotatable bonds is 4. The Kier molecular flexibility index (Phi) is 4.03. The third-order valence-corrected chi connectivity index (χ3v) is 3.41. The maximum absolute atomic E-state index is 11.1. The fraction of sp³-hybridized carbons (Fsp3) is 0.333. The summed E-state index contributed by atoms with van der Waals surface area (Å²) >= 11 is 3.23. The SMILES string of the molecule is CC(C)c1c(N)nnn1Cc1ccc(Br)cc1[N+](=O)[O-]. The highest BCUT2D eigenvalue weighted by Gasteiger charge is 2.19. The first-order valence-corrected chi connectivity index (χ1v) is 6.81. The topological polar surface area (TPSA) is 99.9 Å². The number of halogens is 1. The molecule has 0 spiro atoms. The molecule has 0 fully saturated rings. The Bertz CT molecular complexity index is 653. The van der Waals surface area contributed by atoms with E-state index in [0.717, 1.165) is 5.69 Å². The maximum Gasteiger partial charge on any atom is 0.275 e. The number of nitrogens with two attached hydrogens (primary N) is 1. The molecule has 2 aromatic rings. The van der Waals surface area contributed by atoms with E-state index in [1.807, 2.05) is 13.8 Å². The first kappa shape index (κ1) is 14.4. The largest absolute Gasteiger partial charge is 0.381 e. The van der Waals surface area contributed by atoms with Gasteiger partial charge in [0.25, 0.3) is 5.69 Å². The number of nitro benzene ring substituents is 1. The van der Waals surface area contributed by atoms with Crippen molar-refractivity contribution in [2.45, 2.75) is 26.3 Å². The molecule has 0 atom stereocenters. The van der Waals surface area contributed by atoms with Gasteiger partial charge in [0.05, 0.1) is 22.7 Å². The van der Waals surface area contributed by atoms with Crippen LogP contribution in [0.1, 0.15) is 31.0 Å². The Labute approximate surface area is 124 Å². The molecule has 0 aliphatic heterocycles. The standard InChI is InChI=1S/C12H14BrN5O2/c1-7(2)11-12(14)15-16-17(11)6-8-3-4-9(13)5-10(8)18(19)20/h3-5,7H,6,14H2,1-2H3. The van der Waals surface area contributed by atoms with Gasteiger partial charge in [0, 0.05) is 10.5 Å². The Balaban J connectivity index is 2.43. The van der Waals surface area contributed by atoms with Crippen molar-refractivity contribution in [3.8, 4) is 0 Å². The average molecular weight is 340 g/mol. The van der Waals surface area contributed by atoms with Crippen LogP contribution in [0.3, 0.4) is 0 Å². The average Bonchev–Trinajstić information content (AvgIpc) is 2.72. The number of nitrogen functional groups attached to an aromatic ring is 1. The normalized spacial score (nSPS) is 11.0. The number of benzene rings is 1. The van der Waals surface area contributed by atoms with Crippen molar-refractivity contribution in [2.24, 2.45) is 0 Å². The molecule has 106 valence electrons. The first-order valence-electron chi connectivity index (χ1n) is 6.01. The maximum atomic E-state index is 11.1. The van der Waals surface area contributed by atoms with Gasteiger partial charge < -0.3 is 5.73 Å². The van der Waals surface area contributed by atoms with Crippen molar-refractivity contribution < 1.29 is 4.92 Å². The minimum absolute atomic E-state index is 0.0446. The van der Waals surface area contributed by atoms with Crippen LogP contribution < -0.4 is 5.73 Å². The second-order valence-corrected chi connectivity index (χ2v) is 5.62. The predicted molar refractivity (Wildman–Crippen MR) is 78.4 cm³/mol. The molecule has 2 N–H and O–H groups in total. The Morgan fingerprint density at radius 2 is 2.20 bits per heavy atom. The lowest BCUT2D eigenvalue weighted by atomic mass is 10.1. The molecular formula is C12H14BrN5O2. The van der Waals surface area contributed by atoms with Gasteiger partial charge in [0.15, 0.2) is 5.82 Å². The summed E-state index contributed by atoms with van der Waals surface area (Å²) in [6.07, 6.45) is 0. The van der Waals surface area contributed by atoms with Crippen LogP contribution in [0, 0.1) is 10.1 Å². The van der Waals surface area contributed by atoms with E-state index in [2.05, 4.69) is 26.2 Å². The lowest BCUT2D eigenvalue weighted by Gasteiger charge is -2.10. The van der Waals surface area contributed by atoms with Gasteiger partial charge in [-0.1, -0.05) is 35.0 Å². The molecule has 1 aromatic carbocycles. The minimum atomic E-state index is -0.407. The molecule has 0 unspecified atom stereocenters. The Morgan fingerprint density at radius 1 is 1.50 bits per heavy atom. The smallest absolute Gasteiger partial charge is 0.275 e. The van der Waals surface area contributed by atoms with Gasteiger partial charge in [-0.15, -0.1) is 5.10 Å². The highest BCUT2D eigenvalue weighted by molar-refractivity contribution is 9.10. The van der Waals surface area contributed by atoms with E-state index in [0.29, 0.717) is 15.9 Å². The van der Waals surface area contributed by atoms with Gasteiger partial charge in [-0.05, 0) is 18.1 Å². The summed E-state index contributed by atoms with van der Waals surface area (Å²) in [5.74, 6) is 0.499. The van der Waals surface area contributed by atoms with E-state index in [1.165, 1.54) is 6.07 Å². The van der Waals surface area contributed by atoms with Gasteiger partial charge >= 0.3 is 0 Å². The van der Waals surface area contributed by atoms with Crippen LogP contribution in [0.25, 0.3) is 0 Å². The Hall–Kier alpha value is -1.96. The second kappa shape index (κ2) is 5.58. The molecule has 0 radical (unpaired) electrons. The summed E-state index contributed by atoms with van der Waals surface area (Å²) in [5.41, 5.74) is 7.17. The molecule has 1 aromatic heterocycles. The van der Waals surface area contributed by atoms with Crippen molar-refractivity contribution in [1.29, 1.82) is 0 Å². The van der Waals surface area contributed by atoms with E-state index >= 15 is 0 Å². The molecule has 0 saturated heterocycles. The van der Waals surface area contributed by atoms with E-state index in [-0.39, 0.29) is 18.2 Å². The van der Waals surface area contributed by atoms with E-state index in [4.69, 9.17) is 5.73 Å². The molecule has 1 heterocycles. The zero-order chi connectivity index (χ0) is 14.9. The third-order valence-electron chi connectivity index (χ3n) is 2.91. The number of nitrogens with zero attached hydrogens (tertiary/aromatic N) is 4. The summed E-state index contributed by atoms with van der Waals surface area (Å²) in [5, 5.41) is 18.9. The number of hydrogen-bond acceptors (Lipinski definition) is 5. The van der Waals surface area contributed by atoms with E-state index < -0.39 is 4.92 Å². The second-order valence-electron chi connectivity index (χ2n) is 4.70. The van der Waals surface area contributed by atoms with Crippen molar-refractivity contribution in [3.05, 3.63) is 44.0 Å². The zero-order valence-electron chi connectivity index (χ0n) is 11.1. The highest BCUT2D eigenvalue weighted by atomic mass is 79.9. The van der Waals surface area contributed by atoms with Crippen LogP contribution in [0.4, 0.5) is 11.5 Å². The summed E-state index contributed by atoms with van der Waals surface area (Å²) in [7, 11) is 0. The number of hydrogen-bond donors (Lipinski definition) is 1. The van der Waals surface area contributed by atoms with Gasteiger partial charge in [-0.25, -0.2) is 4.68 Å². The fourth-order valence-electron chi connectivity index (χ4n) is 2.05. The number of aromatic nitrogens is 3. The number of anilines is 1. The summed E-state index contributed by atoms with van der Waals surface area (Å²) in [4.78, 5) is 10.7. The molecule has 8 heteroatoms. The van der Waals surface area contributed by atoms with Crippen molar-refractivity contribution >= 4 is 27.4 Å². The van der Waals surface area contributed by atoms with Gasteiger partial charge in [-0.2, -0.15) is 0 Å². The number of nitro groups is 1. The van der Waals surface area contributed by atoms with Crippen LogP contribution in [-0.4, -0.2) is 19.9 Å². The molecule has 0 aliphatic carbocycles. The summed E-state index contributed by atoms with van der Waals surface area (Å²) in [6.45, 7) is 4.21. The van der Waals surface area contributed by atoms with E-state index in [1.54, 1.807) is 16.8 Å². The first-order chi connectivity index (χ1) is 9.40. The third kappa shape index (κ3) is 2.79. The molecule has 0 aliphatic rings. The molecule has 20 heavy (non-hydrogen) atoms. The minimum Gasteiger partial charge on any atom is -0.381 e. The lowest BCUT2D eigenvalue weighted by molar-refractivity contribution is -0.385. The van der Waals surface area contributed by atoms with Crippen LogP contribution in [0.2, 0.25) is 0 Å². The van der Waals surface area contributed by atoms with E-state index in [9.17, 15) is 10.1 Å². The highest BCUT2D eigenvalue weighted by Crippen LogP contribution is 2.26. The zero-order valence-corrected chi connectivity index (χ0v) is 12.7. The van der Waals surface area contributed by atoms with Gasteiger partial charge in [0.2, 0.25) is 0 Å². The van der Waals surface area contributed by atoms with Gasteiger partial charge in [-0.3, -0.25) is 10.1 Å². The predicted octanol–water partition coefficient (Wildman–Crippen LogP) is 2.70. The van der Waals surface area contributed by atoms with Crippen molar-refractivity contribution in [1.82, 2.24) is 15.0 Å². The van der Waals surface area contributed by atoms with Crippen LogP contribution in [0.5, 0.6) is 0 Å². The quantitative estimate of drug-likeness (QED) is 0.681. The molecule has 2 rings (SSSR count). The Morgan fingerprint density at radius 3 is 2.80 bits per heavy atom. The van der Waals surface area contributed by atoms with Crippen LogP contribution >= 0.6 is 15.9 Å². The van der Waals surface area contributed by atoms with Crippen molar-refractivity contribution in [3.63, 3.8) is 0 Å². The monoisotopic (exact) mass is 339 g/mol. The molecule has 7 nitrogen and oxygen atoms in total. The van der Waals surface area contributed by atoms with Crippen LogP contribution in [0.15, 0.2) is 22.7 Å². The summed E-state index contributed by atoms with van der Waals surface area (Å²) < 4.78 is 2.27.